The molecule has 1 aromatic rings. The zero-order valence-corrected chi connectivity index (χ0v) is 11.1. The van der Waals surface area contributed by atoms with Crippen LogP contribution >= 0.6 is 0 Å². The zero-order valence-electron chi connectivity index (χ0n) is 10.2. The van der Waals surface area contributed by atoms with Gasteiger partial charge in [-0.05, 0) is 37.5 Å². The van der Waals surface area contributed by atoms with Crippen molar-refractivity contribution in [3.63, 3.8) is 0 Å². The van der Waals surface area contributed by atoms with Crippen molar-refractivity contribution in [2.45, 2.75) is 30.6 Å². The van der Waals surface area contributed by atoms with Crippen molar-refractivity contribution < 1.29 is 13.5 Å². The Balaban J connectivity index is 2.53. The highest BCUT2D eigenvalue weighted by atomic mass is 32.2. The molecule has 98 valence electrons. The summed E-state index contributed by atoms with van der Waals surface area (Å²) in [5.74, 6) is 0. The standard InChI is InChI=1S/C14H18O3S/c15-12-8-3-1-2-4-9-13-18(16,17)14-10-6-5-7-11-14/h4-7,10-11,13,15H,1-3,8,12H2. The van der Waals surface area contributed by atoms with Crippen molar-refractivity contribution in [2.24, 2.45) is 0 Å². The molecule has 1 N–H and O–H groups in total. The third kappa shape index (κ3) is 5.32. The van der Waals surface area contributed by atoms with Gasteiger partial charge < -0.3 is 5.11 Å². The molecule has 0 aliphatic carbocycles. The SMILES string of the molecule is O=S(=O)(C=C=CCCCCCO)c1ccccc1. The van der Waals surface area contributed by atoms with Crippen molar-refractivity contribution in [1.82, 2.24) is 0 Å². The summed E-state index contributed by atoms with van der Waals surface area (Å²) in [6.45, 7) is 0.210. The maximum Gasteiger partial charge on any atom is 0.207 e. The van der Waals surface area contributed by atoms with Crippen molar-refractivity contribution in [1.29, 1.82) is 0 Å². The first-order chi connectivity index (χ1) is 8.67. The van der Waals surface area contributed by atoms with Gasteiger partial charge in [0.25, 0.3) is 0 Å². The topological polar surface area (TPSA) is 54.4 Å². The van der Waals surface area contributed by atoms with Crippen molar-refractivity contribution in [3.05, 3.63) is 47.5 Å². The van der Waals surface area contributed by atoms with Crippen LogP contribution in [0.25, 0.3) is 0 Å². The second kappa shape index (κ2) is 7.88. The van der Waals surface area contributed by atoms with Crippen molar-refractivity contribution >= 4 is 9.84 Å². The van der Waals surface area contributed by atoms with Gasteiger partial charge in [0.1, 0.15) is 0 Å². The van der Waals surface area contributed by atoms with Crippen LogP contribution in [0.3, 0.4) is 0 Å². The van der Waals surface area contributed by atoms with Crippen molar-refractivity contribution in [2.75, 3.05) is 6.61 Å². The molecule has 0 saturated carbocycles. The maximum atomic E-state index is 11.8. The molecule has 0 aromatic heterocycles. The summed E-state index contributed by atoms with van der Waals surface area (Å²) in [4.78, 5) is 0.284. The Hall–Kier alpha value is -1.35. The van der Waals surface area contributed by atoms with E-state index in [0.717, 1.165) is 31.1 Å². The average molecular weight is 266 g/mol. The van der Waals surface area contributed by atoms with E-state index in [9.17, 15) is 8.42 Å². The minimum absolute atomic E-state index is 0.210. The smallest absolute Gasteiger partial charge is 0.207 e. The third-order valence-corrected chi connectivity index (χ3v) is 3.79. The molecule has 0 spiro atoms. The van der Waals surface area contributed by atoms with Crippen LogP contribution in [0.5, 0.6) is 0 Å². The Morgan fingerprint density at radius 1 is 1.11 bits per heavy atom. The molecule has 1 aromatic carbocycles. The maximum absolute atomic E-state index is 11.8. The van der Waals surface area contributed by atoms with Gasteiger partial charge in [0.15, 0.2) is 0 Å². The van der Waals surface area contributed by atoms with E-state index in [1.54, 1.807) is 36.4 Å². The minimum Gasteiger partial charge on any atom is -0.396 e. The van der Waals surface area contributed by atoms with Crippen LogP contribution in [0.2, 0.25) is 0 Å². The zero-order chi connectivity index (χ0) is 13.3. The number of hydrogen-bond donors (Lipinski definition) is 1. The van der Waals surface area contributed by atoms with E-state index in [4.69, 9.17) is 5.11 Å². The molecule has 18 heavy (non-hydrogen) atoms. The summed E-state index contributed by atoms with van der Waals surface area (Å²) in [5, 5.41) is 9.70. The third-order valence-electron chi connectivity index (χ3n) is 2.42. The van der Waals surface area contributed by atoms with E-state index in [0.29, 0.717) is 0 Å². The van der Waals surface area contributed by atoms with Gasteiger partial charge in [0, 0.05) is 6.61 Å². The summed E-state index contributed by atoms with van der Waals surface area (Å²) in [6.07, 6.45) is 5.17. The molecular weight excluding hydrogens is 248 g/mol. The van der Waals surface area contributed by atoms with Gasteiger partial charge in [-0.25, -0.2) is 8.42 Å². The number of unbranched alkanes of at least 4 members (excludes halogenated alkanes) is 3. The molecule has 3 nitrogen and oxygen atoms in total. The largest absolute Gasteiger partial charge is 0.396 e. The van der Waals surface area contributed by atoms with Gasteiger partial charge >= 0.3 is 0 Å². The molecule has 0 unspecified atom stereocenters. The molecule has 0 fully saturated rings. The number of allylic oxidation sites excluding steroid dienone is 1. The van der Waals surface area contributed by atoms with Crippen LogP contribution in [-0.4, -0.2) is 20.1 Å². The highest BCUT2D eigenvalue weighted by Crippen LogP contribution is 2.10. The van der Waals surface area contributed by atoms with Crippen LogP contribution < -0.4 is 0 Å². The molecule has 0 radical (unpaired) electrons. The van der Waals surface area contributed by atoms with Crippen LogP contribution in [0.15, 0.2) is 52.4 Å². The summed E-state index contributed by atoms with van der Waals surface area (Å²) in [5.41, 5.74) is 2.70. The molecule has 0 heterocycles. The van der Waals surface area contributed by atoms with Crippen LogP contribution in [0.4, 0.5) is 0 Å². The lowest BCUT2D eigenvalue weighted by Gasteiger charge is -1.95. The number of hydrogen-bond acceptors (Lipinski definition) is 3. The molecule has 0 bridgehead atoms. The summed E-state index contributed by atoms with van der Waals surface area (Å²) in [6, 6.07) is 8.29. The fourth-order valence-corrected chi connectivity index (χ4v) is 2.38. The molecule has 0 aliphatic heterocycles. The molecule has 0 atom stereocenters. The monoisotopic (exact) mass is 266 g/mol. The Kier molecular flexibility index (Phi) is 6.44. The van der Waals surface area contributed by atoms with E-state index in [1.165, 1.54) is 0 Å². The fraction of sp³-hybridized carbons (Fsp3) is 0.357. The number of sulfone groups is 1. The highest BCUT2D eigenvalue weighted by Gasteiger charge is 2.07. The first-order valence-corrected chi connectivity index (χ1v) is 7.53. The first kappa shape index (κ1) is 14.7. The van der Waals surface area contributed by atoms with E-state index in [1.807, 2.05) is 0 Å². The number of aliphatic hydroxyl groups excluding tert-OH is 1. The molecule has 0 aliphatic rings. The lowest BCUT2D eigenvalue weighted by Crippen LogP contribution is -1.94. The normalized spacial score (nSPS) is 10.7. The molecule has 4 heteroatoms. The van der Waals surface area contributed by atoms with Gasteiger partial charge in [-0.15, -0.1) is 5.73 Å². The minimum atomic E-state index is -3.37. The van der Waals surface area contributed by atoms with Crippen LogP contribution in [0.1, 0.15) is 25.7 Å². The first-order valence-electron chi connectivity index (χ1n) is 5.99. The molecular formula is C14H18O3S. The number of rotatable bonds is 7. The summed E-state index contributed by atoms with van der Waals surface area (Å²) in [7, 11) is -3.37. The Labute approximate surface area is 108 Å². The molecule has 0 saturated heterocycles. The van der Waals surface area contributed by atoms with Gasteiger partial charge in [0.2, 0.25) is 9.84 Å². The van der Waals surface area contributed by atoms with E-state index in [-0.39, 0.29) is 11.5 Å². The van der Waals surface area contributed by atoms with Gasteiger partial charge in [0.05, 0.1) is 10.3 Å². The predicted molar refractivity (Wildman–Crippen MR) is 71.8 cm³/mol. The summed E-state index contributed by atoms with van der Waals surface area (Å²) < 4.78 is 23.6. The Morgan fingerprint density at radius 2 is 1.83 bits per heavy atom. The average Bonchev–Trinajstić information content (AvgIpc) is 2.39. The van der Waals surface area contributed by atoms with Crippen LogP contribution in [-0.2, 0) is 9.84 Å². The number of benzene rings is 1. The highest BCUT2D eigenvalue weighted by molar-refractivity contribution is 7.94. The second-order valence-electron chi connectivity index (χ2n) is 3.92. The fourth-order valence-electron chi connectivity index (χ4n) is 1.43. The van der Waals surface area contributed by atoms with Gasteiger partial charge in [-0.2, -0.15) is 0 Å². The lowest BCUT2D eigenvalue weighted by atomic mass is 10.2. The van der Waals surface area contributed by atoms with E-state index >= 15 is 0 Å². The molecule has 0 amide bonds. The quantitative estimate of drug-likeness (QED) is 0.610. The van der Waals surface area contributed by atoms with E-state index in [2.05, 4.69) is 5.73 Å². The van der Waals surface area contributed by atoms with E-state index < -0.39 is 9.84 Å². The Bertz CT molecular complexity index is 497. The molecule has 1 rings (SSSR count). The lowest BCUT2D eigenvalue weighted by molar-refractivity contribution is 0.283. The summed E-state index contributed by atoms with van der Waals surface area (Å²) >= 11 is 0. The van der Waals surface area contributed by atoms with Crippen molar-refractivity contribution in [3.8, 4) is 0 Å². The predicted octanol–water partition coefficient (Wildman–Crippen LogP) is 2.68. The van der Waals surface area contributed by atoms with Gasteiger partial charge in [-0.1, -0.05) is 24.6 Å². The van der Waals surface area contributed by atoms with Crippen LogP contribution in [0, 0.1) is 0 Å². The van der Waals surface area contributed by atoms with Gasteiger partial charge in [-0.3, -0.25) is 0 Å². The second-order valence-corrected chi connectivity index (χ2v) is 5.72. The number of aliphatic hydroxyl groups is 1. The Morgan fingerprint density at radius 3 is 2.50 bits per heavy atom.